The van der Waals surface area contributed by atoms with E-state index in [4.69, 9.17) is 5.11 Å². The number of nitrogens with one attached hydrogen (secondary N) is 1. The maximum atomic E-state index is 12.5. The second-order valence-corrected chi connectivity index (χ2v) is 6.65. The first-order valence-corrected chi connectivity index (χ1v) is 8.75. The number of carbonyl (C=O) groups is 3. The number of carbonyl (C=O) groups excluding carboxylic acids is 2. The van der Waals surface area contributed by atoms with Gasteiger partial charge in [-0.3, -0.25) is 14.4 Å². The smallest absolute Gasteiger partial charge is 0.303 e. The number of benzene rings is 1. The Morgan fingerprint density at radius 1 is 1.20 bits per heavy atom. The first kappa shape index (κ1) is 19.0. The molecule has 1 unspecified atom stereocenters. The van der Waals surface area contributed by atoms with Gasteiger partial charge in [0.2, 0.25) is 5.91 Å². The number of aliphatic carboxylic acids is 1. The fourth-order valence-electron chi connectivity index (χ4n) is 3.16. The highest BCUT2D eigenvalue weighted by atomic mass is 16.4. The second-order valence-electron chi connectivity index (χ2n) is 6.65. The predicted molar refractivity (Wildman–Crippen MR) is 94.5 cm³/mol. The molecule has 1 heterocycles. The zero-order valence-electron chi connectivity index (χ0n) is 14.9. The lowest BCUT2D eigenvalue weighted by atomic mass is 9.98. The molecule has 1 saturated heterocycles. The summed E-state index contributed by atoms with van der Waals surface area (Å²) in [5, 5.41) is 11.5. The van der Waals surface area contributed by atoms with E-state index >= 15 is 0 Å². The van der Waals surface area contributed by atoms with Crippen molar-refractivity contribution in [3.8, 4) is 0 Å². The van der Waals surface area contributed by atoms with E-state index in [0.717, 1.165) is 30.4 Å². The maximum Gasteiger partial charge on any atom is 0.303 e. The summed E-state index contributed by atoms with van der Waals surface area (Å²) in [6.45, 7) is 4.49. The fraction of sp³-hybridized carbons (Fsp3) is 0.526. The summed E-state index contributed by atoms with van der Waals surface area (Å²) >= 11 is 0. The van der Waals surface area contributed by atoms with Gasteiger partial charge >= 0.3 is 5.97 Å². The topological polar surface area (TPSA) is 86.7 Å². The number of carboxylic acid groups (broad SMARTS) is 1. The molecular formula is C19H26N2O4. The lowest BCUT2D eigenvalue weighted by Gasteiger charge is -2.35. The summed E-state index contributed by atoms with van der Waals surface area (Å²) in [4.78, 5) is 37.2. The van der Waals surface area contributed by atoms with E-state index in [2.05, 4.69) is 5.32 Å². The number of amides is 2. The minimum atomic E-state index is -0.846. The number of nitrogens with zero attached hydrogens (tertiary/aromatic N) is 1. The molecule has 136 valence electrons. The summed E-state index contributed by atoms with van der Waals surface area (Å²) in [6.07, 6.45) is 3.27. The molecule has 2 N–H and O–H groups in total. The number of piperidine rings is 1. The first-order chi connectivity index (χ1) is 11.9. The molecule has 1 fully saturated rings. The summed E-state index contributed by atoms with van der Waals surface area (Å²) in [5.41, 5.74) is 2.68. The average molecular weight is 346 g/mol. The largest absolute Gasteiger partial charge is 0.481 e. The normalized spacial score (nSPS) is 17.2. The first-order valence-electron chi connectivity index (χ1n) is 8.75. The van der Waals surface area contributed by atoms with Crippen LogP contribution in [0.3, 0.4) is 0 Å². The molecule has 2 rings (SSSR count). The zero-order chi connectivity index (χ0) is 18.4. The van der Waals surface area contributed by atoms with E-state index in [1.807, 2.05) is 26.0 Å². The Bertz CT molecular complexity index is 657. The minimum absolute atomic E-state index is 0.0455. The molecular weight excluding hydrogens is 320 g/mol. The van der Waals surface area contributed by atoms with Crippen molar-refractivity contribution in [2.24, 2.45) is 0 Å². The van der Waals surface area contributed by atoms with Gasteiger partial charge in [-0.15, -0.1) is 0 Å². The van der Waals surface area contributed by atoms with E-state index in [0.29, 0.717) is 18.5 Å². The Hall–Kier alpha value is -2.37. The molecule has 0 saturated carbocycles. The summed E-state index contributed by atoms with van der Waals surface area (Å²) in [7, 11) is 0. The number of hydrogen-bond donors (Lipinski definition) is 2. The molecule has 1 aromatic carbocycles. The predicted octanol–water partition coefficient (Wildman–Crippen LogP) is 2.28. The average Bonchev–Trinajstić information content (AvgIpc) is 2.60. The highest BCUT2D eigenvalue weighted by molar-refractivity contribution is 5.96. The van der Waals surface area contributed by atoms with Gasteiger partial charge in [0.15, 0.2) is 0 Å². The molecule has 2 amide bonds. The minimum Gasteiger partial charge on any atom is -0.481 e. The van der Waals surface area contributed by atoms with Crippen molar-refractivity contribution in [1.29, 1.82) is 0 Å². The third-order valence-electron chi connectivity index (χ3n) is 4.81. The van der Waals surface area contributed by atoms with E-state index in [1.54, 1.807) is 11.0 Å². The van der Waals surface area contributed by atoms with Gasteiger partial charge in [-0.05, 0) is 62.8 Å². The third-order valence-corrected chi connectivity index (χ3v) is 4.81. The van der Waals surface area contributed by atoms with Crippen LogP contribution in [0.15, 0.2) is 18.2 Å². The van der Waals surface area contributed by atoms with Gasteiger partial charge in [0, 0.05) is 24.6 Å². The van der Waals surface area contributed by atoms with Crippen LogP contribution in [0, 0.1) is 13.8 Å². The van der Waals surface area contributed by atoms with Crippen molar-refractivity contribution in [2.75, 3.05) is 13.1 Å². The fourth-order valence-corrected chi connectivity index (χ4v) is 3.16. The van der Waals surface area contributed by atoms with Gasteiger partial charge in [0.1, 0.15) is 0 Å². The Morgan fingerprint density at radius 2 is 1.96 bits per heavy atom. The van der Waals surface area contributed by atoms with Crippen LogP contribution >= 0.6 is 0 Å². The molecule has 0 aliphatic carbocycles. The molecule has 1 aromatic rings. The summed E-state index contributed by atoms with van der Waals surface area (Å²) < 4.78 is 0. The van der Waals surface area contributed by atoms with Crippen LogP contribution in [0.25, 0.3) is 0 Å². The molecule has 25 heavy (non-hydrogen) atoms. The Morgan fingerprint density at radius 3 is 2.64 bits per heavy atom. The zero-order valence-corrected chi connectivity index (χ0v) is 14.9. The van der Waals surface area contributed by atoms with Crippen LogP contribution in [0.2, 0.25) is 0 Å². The Kier molecular flexibility index (Phi) is 6.56. The lowest BCUT2D eigenvalue weighted by molar-refractivity contribution is -0.139. The summed E-state index contributed by atoms with van der Waals surface area (Å²) in [5.74, 6) is -1.26. The van der Waals surface area contributed by atoms with E-state index in [1.165, 1.54) is 0 Å². The maximum absolute atomic E-state index is 12.5. The van der Waals surface area contributed by atoms with E-state index in [9.17, 15) is 14.4 Å². The molecule has 0 aromatic heterocycles. The molecule has 1 atom stereocenters. The molecule has 6 heteroatoms. The van der Waals surface area contributed by atoms with Crippen LogP contribution in [0.4, 0.5) is 0 Å². The van der Waals surface area contributed by atoms with Gasteiger partial charge in [0.05, 0.1) is 6.54 Å². The number of aryl methyl sites for hydroxylation is 2. The van der Waals surface area contributed by atoms with Crippen molar-refractivity contribution >= 4 is 17.8 Å². The van der Waals surface area contributed by atoms with Crippen molar-refractivity contribution in [3.63, 3.8) is 0 Å². The number of hydrogen-bond acceptors (Lipinski definition) is 3. The van der Waals surface area contributed by atoms with Crippen molar-refractivity contribution < 1.29 is 19.5 Å². The van der Waals surface area contributed by atoms with Crippen LogP contribution in [-0.2, 0) is 9.59 Å². The SMILES string of the molecule is Cc1ccc(C(=O)NCC(=O)N2CCCCC2CCC(=O)O)cc1C. The molecule has 1 aliphatic rings. The van der Waals surface area contributed by atoms with Crippen LogP contribution in [0.5, 0.6) is 0 Å². The highest BCUT2D eigenvalue weighted by Gasteiger charge is 2.27. The quantitative estimate of drug-likeness (QED) is 0.827. The monoisotopic (exact) mass is 346 g/mol. The van der Waals surface area contributed by atoms with Crippen LogP contribution < -0.4 is 5.32 Å². The Balaban J connectivity index is 1.91. The van der Waals surface area contributed by atoms with Crippen LogP contribution in [-0.4, -0.2) is 46.9 Å². The number of likely N-dealkylation sites (tertiary alicyclic amines) is 1. The standard InChI is InChI=1S/C19H26N2O4/c1-13-6-7-15(11-14(13)2)19(25)20-12-17(22)21-10-4-3-5-16(21)8-9-18(23)24/h6-7,11,16H,3-5,8-10,12H2,1-2H3,(H,20,25)(H,23,24). The molecule has 6 nitrogen and oxygen atoms in total. The van der Waals surface area contributed by atoms with Gasteiger partial charge in [0.25, 0.3) is 5.91 Å². The molecule has 0 bridgehead atoms. The highest BCUT2D eigenvalue weighted by Crippen LogP contribution is 2.21. The third kappa shape index (κ3) is 5.31. The van der Waals surface area contributed by atoms with Gasteiger partial charge in [-0.25, -0.2) is 0 Å². The van der Waals surface area contributed by atoms with Crippen molar-refractivity contribution in [2.45, 2.75) is 52.0 Å². The lowest BCUT2D eigenvalue weighted by Crippen LogP contribution is -2.48. The van der Waals surface area contributed by atoms with E-state index < -0.39 is 5.97 Å². The van der Waals surface area contributed by atoms with Crippen molar-refractivity contribution in [1.82, 2.24) is 10.2 Å². The summed E-state index contributed by atoms with van der Waals surface area (Å²) in [6, 6.07) is 5.40. The van der Waals surface area contributed by atoms with Gasteiger partial charge in [-0.1, -0.05) is 6.07 Å². The molecule has 0 radical (unpaired) electrons. The molecule has 1 aliphatic heterocycles. The van der Waals surface area contributed by atoms with E-state index in [-0.39, 0.29) is 30.8 Å². The molecule has 0 spiro atoms. The van der Waals surface area contributed by atoms with Gasteiger partial charge < -0.3 is 15.3 Å². The number of carboxylic acids is 1. The Labute approximate surface area is 148 Å². The number of rotatable bonds is 6. The van der Waals surface area contributed by atoms with Gasteiger partial charge in [-0.2, -0.15) is 0 Å². The second kappa shape index (κ2) is 8.65. The van der Waals surface area contributed by atoms with Crippen LogP contribution in [0.1, 0.15) is 53.6 Å². The van der Waals surface area contributed by atoms with Crippen molar-refractivity contribution in [3.05, 3.63) is 34.9 Å².